The smallest absolute Gasteiger partial charge is 0.239 e. The lowest BCUT2D eigenvalue weighted by Gasteiger charge is -2.34. The van der Waals surface area contributed by atoms with Crippen LogP contribution in [0.25, 0.3) is 0 Å². The molecule has 2 saturated heterocycles. The highest BCUT2D eigenvalue weighted by Crippen LogP contribution is 2.12. The van der Waals surface area contributed by atoms with Gasteiger partial charge in [0.05, 0.1) is 12.3 Å². The van der Waals surface area contributed by atoms with Crippen molar-refractivity contribution < 1.29 is 13.2 Å². The summed E-state index contributed by atoms with van der Waals surface area (Å²) in [7, 11) is -3.11. The fourth-order valence-electron chi connectivity index (χ4n) is 2.36. The number of carbonyl (C=O) groups excluding carboxylic acids is 1. The monoisotopic (exact) mass is 261 g/mol. The predicted octanol–water partition coefficient (Wildman–Crippen LogP) is -1.16. The zero-order valence-electron chi connectivity index (χ0n) is 10.1. The minimum atomic E-state index is -3.11. The standard InChI is InChI=1S/C10H19N3O3S/c1-17(15,16)13-7-5-12(6-8-13)10(14)9-3-2-4-11-9/h9,11H,2-8H2,1H3/t9-/m0/s1. The van der Waals surface area contributed by atoms with Crippen LogP contribution in [0.4, 0.5) is 0 Å². The predicted molar refractivity (Wildman–Crippen MR) is 64.0 cm³/mol. The molecule has 1 N–H and O–H groups in total. The number of piperazine rings is 1. The second kappa shape index (κ2) is 4.91. The molecule has 0 aromatic carbocycles. The topological polar surface area (TPSA) is 69.7 Å². The van der Waals surface area contributed by atoms with E-state index < -0.39 is 10.0 Å². The molecule has 0 aliphatic carbocycles. The van der Waals surface area contributed by atoms with E-state index in [4.69, 9.17) is 0 Å². The molecule has 0 bridgehead atoms. The Morgan fingerprint density at radius 1 is 1.24 bits per heavy atom. The van der Waals surface area contributed by atoms with Gasteiger partial charge in [0.15, 0.2) is 0 Å². The molecule has 98 valence electrons. The molecule has 0 aromatic heterocycles. The number of nitrogens with zero attached hydrogens (tertiary/aromatic N) is 2. The fourth-order valence-corrected chi connectivity index (χ4v) is 3.18. The Morgan fingerprint density at radius 3 is 2.35 bits per heavy atom. The zero-order chi connectivity index (χ0) is 12.5. The first-order valence-electron chi connectivity index (χ1n) is 5.96. The first-order chi connectivity index (χ1) is 7.98. The lowest BCUT2D eigenvalue weighted by molar-refractivity contribution is -0.134. The molecule has 7 heteroatoms. The van der Waals surface area contributed by atoms with Gasteiger partial charge in [-0.05, 0) is 19.4 Å². The summed E-state index contributed by atoms with van der Waals surface area (Å²) in [5.41, 5.74) is 0. The fraction of sp³-hybridized carbons (Fsp3) is 0.900. The van der Waals surface area contributed by atoms with Crippen LogP contribution in [0.1, 0.15) is 12.8 Å². The van der Waals surface area contributed by atoms with Crippen LogP contribution >= 0.6 is 0 Å². The van der Waals surface area contributed by atoms with E-state index in [1.807, 2.05) is 0 Å². The maximum Gasteiger partial charge on any atom is 0.239 e. The van der Waals surface area contributed by atoms with Crippen LogP contribution in [0, 0.1) is 0 Å². The quantitative estimate of drug-likeness (QED) is 0.681. The maximum absolute atomic E-state index is 12.1. The Hall–Kier alpha value is -0.660. The summed E-state index contributed by atoms with van der Waals surface area (Å²) in [6.45, 7) is 2.74. The maximum atomic E-state index is 12.1. The summed E-state index contributed by atoms with van der Waals surface area (Å²) >= 11 is 0. The zero-order valence-corrected chi connectivity index (χ0v) is 10.9. The van der Waals surface area contributed by atoms with Gasteiger partial charge >= 0.3 is 0 Å². The molecule has 6 nitrogen and oxygen atoms in total. The van der Waals surface area contributed by atoms with Crippen LogP contribution in [0.15, 0.2) is 0 Å². The molecule has 0 spiro atoms. The first-order valence-corrected chi connectivity index (χ1v) is 7.80. The van der Waals surface area contributed by atoms with E-state index in [1.165, 1.54) is 10.6 Å². The van der Waals surface area contributed by atoms with Crippen molar-refractivity contribution in [1.29, 1.82) is 0 Å². The van der Waals surface area contributed by atoms with Gasteiger partial charge < -0.3 is 10.2 Å². The van der Waals surface area contributed by atoms with Crippen LogP contribution in [-0.2, 0) is 14.8 Å². The van der Waals surface area contributed by atoms with Gasteiger partial charge in [0.2, 0.25) is 15.9 Å². The van der Waals surface area contributed by atoms with Gasteiger partial charge in [0, 0.05) is 26.2 Å². The molecule has 0 saturated carbocycles. The van der Waals surface area contributed by atoms with E-state index in [-0.39, 0.29) is 11.9 Å². The third kappa shape index (κ3) is 2.97. The third-order valence-electron chi connectivity index (χ3n) is 3.38. The first kappa shape index (κ1) is 12.8. The average molecular weight is 261 g/mol. The Bertz CT molecular complexity index is 382. The molecule has 2 fully saturated rings. The van der Waals surface area contributed by atoms with Gasteiger partial charge in [-0.25, -0.2) is 8.42 Å². The largest absolute Gasteiger partial charge is 0.339 e. The minimum Gasteiger partial charge on any atom is -0.339 e. The summed E-state index contributed by atoms with van der Waals surface area (Å²) in [6.07, 6.45) is 3.15. The van der Waals surface area contributed by atoms with E-state index in [9.17, 15) is 13.2 Å². The molecule has 1 atom stereocenters. The highest BCUT2D eigenvalue weighted by atomic mass is 32.2. The van der Waals surface area contributed by atoms with E-state index >= 15 is 0 Å². The molecular formula is C10H19N3O3S. The summed E-state index contributed by atoms with van der Waals surface area (Å²) in [5, 5.41) is 3.17. The lowest BCUT2D eigenvalue weighted by Crippen LogP contribution is -2.53. The van der Waals surface area contributed by atoms with Crippen molar-refractivity contribution in [1.82, 2.24) is 14.5 Å². The minimum absolute atomic E-state index is 0.0558. The molecule has 0 unspecified atom stereocenters. The average Bonchev–Trinajstić information content (AvgIpc) is 2.80. The summed E-state index contributed by atoms with van der Waals surface area (Å²) in [5.74, 6) is 0.121. The van der Waals surface area contributed by atoms with Crippen LogP contribution < -0.4 is 5.32 Å². The summed E-state index contributed by atoms with van der Waals surface area (Å²) in [4.78, 5) is 13.8. The van der Waals surface area contributed by atoms with Crippen molar-refractivity contribution in [2.45, 2.75) is 18.9 Å². The highest BCUT2D eigenvalue weighted by molar-refractivity contribution is 7.88. The lowest BCUT2D eigenvalue weighted by atomic mass is 10.2. The second-order valence-corrected chi connectivity index (χ2v) is 6.62. The molecule has 2 aliphatic rings. The van der Waals surface area contributed by atoms with Crippen molar-refractivity contribution in [3.05, 3.63) is 0 Å². The van der Waals surface area contributed by atoms with E-state index in [2.05, 4.69) is 5.32 Å². The van der Waals surface area contributed by atoms with E-state index in [1.54, 1.807) is 4.90 Å². The van der Waals surface area contributed by atoms with Crippen molar-refractivity contribution in [3.63, 3.8) is 0 Å². The van der Waals surface area contributed by atoms with Gasteiger partial charge in [0.1, 0.15) is 0 Å². The molecular weight excluding hydrogens is 242 g/mol. The highest BCUT2D eigenvalue weighted by Gasteiger charge is 2.31. The van der Waals surface area contributed by atoms with Gasteiger partial charge in [-0.15, -0.1) is 0 Å². The van der Waals surface area contributed by atoms with Crippen molar-refractivity contribution >= 4 is 15.9 Å². The summed E-state index contributed by atoms with van der Waals surface area (Å²) < 4.78 is 24.1. The van der Waals surface area contributed by atoms with Crippen LogP contribution in [0.5, 0.6) is 0 Å². The Labute approximate surface area is 102 Å². The van der Waals surface area contributed by atoms with Gasteiger partial charge in [-0.3, -0.25) is 4.79 Å². The number of hydrogen-bond acceptors (Lipinski definition) is 4. The van der Waals surface area contributed by atoms with Crippen LogP contribution in [-0.4, -0.2) is 68.6 Å². The SMILES string of the molecule is CS(=O)(=O)N1CCN(C(=O)[C@@H]2CCCN2)CC1. The van der Waals surface area contributed by atoms with Gasteiger partial charge in [-0.2, -0.15) is 4.31 Å². The van der Waals surface area contributed by atoms with Gasteiger partial charge in [-0.1, -0.05) is 0 Å². The molecule has 2 aliphatic heterocycles. The normalized spacial score (nSPS) is 27.4. The molecule has 1 amide bonds. The number of hydrogen-bond donors (Lipinski definition) is 1. The van der Waals surface area contributed by atoms with E-state index in [0.717, 1.165) is 19.4 Å². The molecule has 17 heavy (non-hydrogen) atoms. The molecule has 0 aromatic rings. The molecule has 0 radical (unpaired) electrons. The Balaban J connectivity index is 1.88. The number of carbonyl (C=O) groups is 1. The number of amides is 1. The van der Waals surface area contributed by atoms with Crippen molar-refractivity contribution in [2.24, 2.45) is 0 Å². The number of nitrogens with one attached hydrogen (secondary N) is 1. The van der Waals surface area contributed by atoms with Crippen molar-refractivity contribution in [2.75, 3.05) is 39.0 Å². The molecule has 2 heterocycles. The number of rotatable bonds is 2. The Kier molecular flexibility index (Phi) is 3.70. The molecule has 2 rings (SSSR count). The Morgan fingerprint density at radius 2 is 1.88 bits per heavy atom. The third-order valence-corrected chi connectivity index (χ3v) is 4.68. The second-order valence-electron chi connectivity index (χ2n) is 4.64. The van der Waals surface area contributed by atoms with Crippen LogP contribution in [0.3, 0.4) is 0 Å². The van der Waals surface area contributed by atoms with E-state index in [0.29, 0.717) is 26.2 Å². The van der Waals surface area contributed by atoms with Crippen LogP contribution in [0.2, 0.25) is 0 Å². The summed E-state index contributed by atoms with van der Waals surface area (Å²) in [6, 6.07) is -0.0558. The number of sulfonamides is 1. The van der Waals surface area contributed by atoms with Gasteiger partial charge in [0.25, 0.3) is 0 Å². The van der Waals surface area contributed by atoms with Crippen molar-refractivity contribution in [3.8, 4) is 0 Å².